The molecule has 0 bridgehead atoms. The van der Waals surface area contributed by atoms with Gasteiger partial charge >= 0.3 is 5.97 Å². The zero-order chi connectivity index (χ0) is 22.0. The van der Waals surface area contributed by atoms with Gasteiger partial charge in [-0.25, -0.2) is 0 Å². The summed E-state index contributed by atoms with van der Waals surface area (Å²) in [6, 6.07) is 1.96. The first-order valence-electron chi connectivity index (χ1n) is 9.19. The molecule has 1 aromatic rings. The Morgan fingerprint density at radius 1 is 1.37 bits per heavy atom. The number of hydrogen-bond donors (Lipinski definition) is 1. The van der Waals surface area contributed by atoms with E-state index in [4.69, 9.17) is 22.1 Å². The molecule has 3 rings (SSSR count). The third kappa shape index (κ3) is 4.12. The van der Waals surface area contributed by atoms with Crippen molar-refractivity contribution in [3.05, 3.63) is 31.9 Å². The molecule has 30 heavy (non-hydrogen) atoms. The van der Waals surface area contributed by atoms with E-state index in [1.165, 1.54) is 9.47 Å². The number of nitriles is 1. The number of hydrogen-bond acceptors (Lipinski definition) is 8. The second-order valence-corrected chi connectivity index (χ2v) is 8.47. The van der Waals surface area contributed by atoms with E-state index in [-0.39, 0.29) is 28.8 Å². The fraction of sp³-hybridized carbons (Fsp3) is 0.421. The van der Waals surface area contributed by atoms with Gasteiger partial charge in [0.05, 0.1) is 24.5 Å². The average Bonchev–Trinajstić information content (AvgIpc) is 2.98. The zero-order valence-electron chi connectivity index (χ0n) is 16.5. The number of carbonyl (C=O) groups excluding carboxylic acids is 1. The van der Waals surface area contributed by atoms with Gasteiger partial charge in [0.2, 0.25) is 0 Å². The molecule has 9 nitrogen and oxygen atoms in total. The van der Waals surface area contributed by atoms with Crippen LogP contribution < -0.4 is 10.5 Å². The summed E-state index contributed by atoms with van der Waals surface area (Å²) in [7, 11) is 1.60. The maximum atomic E-state index is 12.8. The molecule has 11 heteroatoms. The van der Waals surface area contributed by atoms with Gasteiger partial charge in [-0.1, -0.05) is 24.0 Å². The highest BCUT2D eigenvalue weighted by Crippen LogP contribution is 2.35. The Hall–Kier alpha value is -2.68. The molecular formula is C19H20N4O5S2. The lowest BCUT2D eigenvalue weighted by Crippen LogP contribution is -2.40. The Labute approximate surface area is 182 Å². The average molecular weight is 449 g/mol. The van der Waals surface area contributed by atoms with Crippen LogP contribution in [0, 0.1) is 18.3 Å². The second-order valence-electron chi connectivity index (χ2n) is 6.79. The largest absolute Gasteiger partial charge is 0.481 e. The third-order valence-corrected chi connectivity index (χ3v) is 6.35. The van der Waals surface area contributed by atoms with E-state index in [0.29, 0.717) is 48.2 Å². The number of anilines is 1. The van der Waals surface area contributed by atoms with Crippen LogP contribution in [0.15, 0.2) is 9.70 Å². The molecule has 1 N–H and O–H groups in total. The van der Waals surface area contributed by atoms with Gasteiger partial charge in [-0.2, -0.15) is 5.26 Å². The van der Waals surface area contributed by atoms with E-state index in [1.807, 2.05) is 11.0 Å². The molecule has 0 unspecified atom stereocenters. The number of aliphatic carboxylic acids is 1. The predicted molar refractivity (Wildman–Crippen MR) is 116 cm³/mol. The van der Waals surface area contributed by atoms with Crippen LogP contribution in [0.4, 0.5) is 5.82 Å². The number of nitrogens with zero attached hydrogens (tertiary/aromatic N) is 4. The number of ether oxygens (including phenoxy) is 1. The highest BCUT2D eigenvalue weighted by Gasteiger charge is 2.33. The number of amides is 1. The number of carbonyl (C=O) groups is 2. The van der Waals surface area contributed by atoms with E-state index < -0.39 is 11.5 Å². The van der Waals surface area contributed by atoms with Gasteiger partial charge in [0, 0.05) is 32.2 Å². The van der Waals surface area contributed by atoms with Crippen molar-refractivity contribution >= 4 is 52.1 Å². The van der Waals surface area contributed by atoms with E-state index in [0.717, 1.165) is 11.8 Å². The highest BCUT2D eigenvalue weighted by molar-refractivity contribution is 8.26. The molecule has 2 saturated heterocycles. The van der Waals surface area contributed by atoms with Gasteiger partial charge < -0.3 is 14.7 Å². The quantitative estimate of drug-likeness (QED) is 0.522. The topological polar surface area (TPSA) is 116 Å². The van der Waals surface area contributed by atoms with Crippen LogP contribution in [0.5, 0.6) is 0 Å². The van der Waals surface area contributed by atoms with E-state index in [2.05, 4.69) is 0 Å². The Balaban J connectivity index is 2.11. The number of rotatable bonds is 5. The monoisotopic (exact) mass is 448 g/mol. The maximum absolute atomic E-state index is 12.8. The number of carboxylic acid groups (broad SMARTS) is 1. The number of morpholine rings is 1. The summed E-state index contributed by atoms with van der Waals surface area (Å²) in [6.45, 7) is 3.82. The molecule has 1 amide bonds. The standard InChI is InChI=1S/C19H20N4O5S2/c1-11-12(9-14-18(27)23(19(29)30-14)4-3-15(24)25)16(22-5-7-28-8-6-22)21(2)17(26)13(11)10-20/h9H,3-8H2,1-2H3,(H,24,25)/b14-9+. The Morgan fingerprint density at radius 2 is 2.03 bits per heavy atom. The molecule has 0 radical (unpaired) electrons. The van der Waals surface area contributed by atoms with Gasteiger partial charge in [0.1, 0.15) is 21.8 Å². The molecule has 0 spiro atoms. The Morgan fingerprint density at radius 3 is 2.63 bits per heavy atom. The second kappa shape index (κ2) is 8.99. The van der Waals surface area contributed by atoms with Crippen molar-refractivity contribution in [1.29, 1.82) is 5.26 Å². The smallest absolute Gasteiger partial charge is 0.305 e. The number of pyridine rings is 1. The normalized spacial score (nSPS) is 18.2. The molecule has 2 aliphatic heterocycles. The molecule has 1 aromatic heterocycles. The van der Waals surface area contributed by atoms with Crippen LogP contribution in [0.3, 0.4) is 0 Å². The van der Waals surface area contributed by atoms with Crippen molar-refractivity contribution in [2.75, 3.05) is 37.7 Å². The van der Waals surface area contributed by atoms with Crippen LogP contribution in [0.2, 0.25) is 0 Å². The molecule has 0 aliphatic carbocycles. The number of carboxylic acids is 1. The van der Waals surface area contributed by atoms with Gasteiger partial charge in [-0.15, -0.1) is 0 Å². The minimum absolute atomic E-state index is 0.0106. The summed E-state index contributed by atoms with van der Waals surface area (Å²) < 4.78 is 7.11. The van der Waals surface area contributed by atoms with Crippen LogP contribution in [-0.4, -0.2) is 63.6 Å². The molecule has 0 saturated carbocycles. The van der Waals surface area contributed by atoms with Crippen LogP contribution in [0.25, 0.3) is 6.08 Å². The summed E-state index contributed by atoms with van der Waals surface area (Å²) in [5.41, 5.74) is 0.692. The molecule has 0 aromatic carbocycles. The number of thioether (sulfide) groups is 1. The van der Waals surface area contributed by atoms with Gasteiger partial charge in [-0.3, -0.25) is 23.9 Å². The fourth-order valence-electron chi connectivity index (χ4n) is 3.40. The van der Waals surface area contributed by atoms with Gasteiger partial charge in [0.25, 0.3) is 11.5 Å². The lowest BCUT2D eigenvalue weighted by Gasteiger charge is -2.32. The maximum Gasteiger partial charge on any atom is 0.305 e. The number of thiocarbonyl (C=S) groups is 1. The van der Waals surface area contributed by atoms with Crippen molar-refractivity contribution in [2.45, 2.75) is 13.3 Å². The molecule has 0 atom stereocenters. The van der Waals surface area contributed by atoms with Crippen molar-refractivity contribution in [3.63, 3.8) is 0 Å². The van der Waals surface area contributed by atoms with Crippen molar-refractivity contribution in [1.82, 2.24) is 9.47 Å². The summed E-state index contributed by atoms with van der Waals surface area (Å²) in [6.07, 6.45) is 1.43. The van der Waals surface area contributed by atoms with Crippen molar-refractivity contribution in [3.8, 4) is 6.07 Å². The Kier molecular flexibility index (Phi) is 6.60. The summed E-state index contributed by atoms with van der Waals surface area (Å²) in [5, 5.41) is 18.4. The molecule has 158 valence electrons. The molecule has 3 heterocycles. The highest BCUT2D eigenvalue weighted by atomic mass is 32.2. The lowest BCUT2D eigenvalue weighted by molar-refractivity contribution is -0.137. The van der Waals surface area contributed by atoms with Crippen molar-refractivity contribution < 1.29 is 19.4 Å². The van der Waals surface area contributed by atoms with Crippen LogP contribution in [-0.2, 0) is 21.4 Å². The van der Waals surface area contributed by atoms with Crippen LogP contribution >= 0.6 is 24.0 Å². The predicted octanol–water partition coefficient (Wildman–Crippen LogP) is 1.08. The zero-order valence-corrected chi connectivity index (χ0v) is 18.1. The minimum atomic E-state index is -1.02. The first kappa shape index (κ1) is 22.0. The van der Waals surface area contributed by atoms with E-state index >= 15 is 0 Å². The van der Waals surface area contributed by atoms with E-state index in [1.54, 1.807) is 20.0 Å². The fourth-order valence-corrected chi connectivity index (χ4v) is 4.69. The van der Waals surface area contributed by atoms with Crippen LogP contribution in [0.1, 0.15) is 23.1 Å². The first-order chi connectivity index (χ1) is 14.3. The third-order valence-electron chi connectivity index (χ3n) is 4.98. The van der Waals surface area contributed by atoms with E-state index in [9.17, 15) is 19.6 Å². The Bertz CT molecular complexity index is 1050. The van der Waals surface area contributed by atoms with Crippen molar-refractivity contribution in [2.24, 2.45) is 7.05 Å². The van der Waals surface area contributed by atoms with Gasteiger partial charge in [0.15, 0.2) is 0 Å². The molecular weight excluding hydrogens is 428 g/mol. The minimum Gasteiger partial charge on any atom is -0.481 e. The molecule has 2 aliphatic rings. The summed E-state index contributed by atoms with van der Waals surface area (Å²) in [5.74, 6) is -0.795. The molecule has 2 fully saturated rings. The first-order valence-corrected chi connectivity index (χ1v) is 10.4. The summed E-state index contributed by atoms with van der Waals surface area (Å²) in [4.78, 5) is 40.0. The SMILES string of the molecule is Cc1c(/C=C2/SC(=S)N(CCC(=O)O)C2=O)c(N2CCOCC2)n(C)c(=O)c1C#N. The van der Waals surface area contributed by atoms with Gasteiger partial charge in [-0.05, 0) is 18.6 Å². The summed E-state index contributed by atoms with van der Waals surface area (Å²) >= 11 is 6.33. The number of aromatic nitrogens is 1. The lowest BCUT2D eigenvalue weighted by atomic mass is 10.0.